The highest BCUT2D eigenvalue weighted by atomic mass is 16.5. The van der Waals surface area contributed by atoms with Gasteiger partial charge in [-0.15, -0.1) is 0 Å². The largest absolute Gasteiger partial charge is 0.494 e. The van der Waals surface area contributed by atoms with E-state index < -0.39 is 0 Å². The van der Waals surface area contributed by atoms with Gasteiger partial charge in [-0.25, -0.2) is 9.97 Å². The van der Waals surface area contributed by atoms with Gasteiger partial charge in [0.2, 0.25) is 0 Å². The third-order valence-corrected chi connectivity index (χ3v) is 7.36. The summed E-state index contributed by atoms with van der Waals surface area (Å²) < 4.78 is 10.3. The minimum Gasteiger partial charge on any atom is -0.494 e. The fourth-order valence-corrected chi connectivity index (χ4v) is 5.41. The molecule has 2 fully saturated rings. The van der Waals surface area contributed by atoms with Crippen LogP contribution in [0.1, 0.15) is 43.0 Å². The first-order valence-electron chi connectivity index (χ1n) is 12.6. The molecular weight excluding hydrogens is 440 g/mol. The highest BCUT2D eigenvalue weighted by molar-refractivity contribution is 6.00. The summed E-state index contributed by atoms with van der Waals surface area (Å²) in [6.07, 6.45) is 6.26. The van der Waals surface area contributed by atoms with Crippen LogP contribution in [0.3, 0.4) is 0 Å². The van der Waals surface area contributed by atoms with E-state index in [1.165, 1.54) is 12.8 Å². The minimum atomic E-state index is -0.0139. The molecule has 6 rings (SSSR count). The van der Waals surface area contributed by atoms with Gasteiger partial charge in [0, 0.05) is 49.4 Å². The number of aromatic nitrogens is 4. The summed E-state index contributed by atoms with van der Waals surface area (Å²) >= 11 is 0. The topological polar surface area (TPSA) is 91.2 Å². The van der Waals surface area contributed by atoms with Gasteiger partial charge in [0.1, 0.15) is 16.9 Å². The van der Waals surface area contributed by atoms with E-state index in [1.807, 2.05) is 29.3 Å². The SMILES string of the molecule is CCn1c(-c2cc3cccnc3n2CC2CC2)nc2cc(C(=O)N3CCC[C@@H](N)C3)cc(OC)c21. The number of piperidine rings is 1. The van der Waals surface area contributed by atoms with Crippen molar-refractivity contribution in [2.45, 2.75) is 51.7 Å². The third-order valence-electron chi connectivity index (χ3n) is 7.36. The average Bonchev–Trinajstić information content (AvgIpc) is 3.52. The number of carbonyl (C=O) groups excluding carboxylic acids is 1. The lowest BCUT2D eigenvalue weighted by molar-refractivity contribution is 0.0708. The molecular formula is C27H32N6O2. The molecule has 1 aliphatic heterocycles. The number of rotatable bonds is 6. The Balaban J connectivity index is 1.50. The van der Waals surface area contributed by atoms with Crippen LogP contribution in [0.2, 0.25) is 0 Å². The van der Waals surface area contributed by atoms with Crippen LogP contribution in [-0.2, 0) is 13.1 Å². The molecule has 0 radical (unpaired) electrons. The number of imidazole rings is 1. The van der Waals surface area contributed by atoms with Crippen molar-refractivity contribution in [2.75, 3.05) is 20.2 Å². The Labute approximate surface area is 204 Å². The Kier molecular flexibility index (Phi) is 5.48. The van der Waals surface area contributed by atoms with Crippen LogP contribution in [0.15, 0.2) is 36.5 Å². The molecule has 35 heavy (non-hydrogen) atoms. The van der Waals surface area contributed by atoms with E-state index in [-0.39, 0.29) is 11.9 Å². The van der Waals surface area contributed by atoms with Crippen molar-refractivity contribution in [3.8, 4) is 17.3 Å². The third kappa shape index (κ3) is 3.86. The molecule has 182 valence electrons. The molecule has 1 saturated heterocycles. The number of nitrogens with two attached hydrogens (primary N) is 1. The second kappa shape index (κ2) is 8.68. The number of pyridine rings is 1. The van der Waals surface area contributed by atoms with Crippen molar-refractivity contribution < 1.29 is 9.53 Å². The number of nitrogens with zero attached hydrogens (tertiary/aromatic N) is 5. The van der Waals surface area contributed by atoms with Gasteiger partial charge in [0.05, 0.1) is 18.3 Å². The van der Waals surface area contributed by atoms with Crippen molar-refractivity contribution in [3.63, 3.8) is 0 Å². The molecule has 1 aliphatic carbocycles. The van der Waals surface area contributed by atoms with Gasteiger partial charge in [-0.3, -0.25) is 4.79 Å². The monoisotopic (exact) mass is 472 g/mol. The molecule has 4 heterocycles. The lowest BCUT2D eigenvalue weighted by Crippen LogP contribution is -2.45. The van der Waals surface area contributed by atoms with E-state index in [4.69, 9.17) is 15.5 Å². The number of likely N-dealkylation sites (tertiary alicyclic amines) is 1. The summed E-state index contributed by atoms with van der Waals surface area (Å²) in [6.45, 7) is 5.11. The molecule has 1 saturated carbocycles. The summed E-state index contributed by atoms with van der Waals surface area (Å²) in [5.41, 5.74) is 10.5. The maximum Gasteiger partial charge on any atom is 0.254 e. The molecule has 0 bridgehead atoms. The number of amides is 1. The Morgan fingerprint density at radius 3 is 2.80 bits per heavy atom. The van der Waals surface area contributed by atoms with E-state index in [0.29, 0.717) is 23.8 Å². The highest BCUT2D eigenvalue weighted by Gasteiger charge is 2.28. The normalized spacial score (nSPS) is 18.5. The minimum absolute atomic E-state index is 0.0139. The molecule has 1 amide bonds. The van der Waals surface area contributed by atoms with Gasteiger partial charge in [0.25, 0.3) is 5.91 Å². The number of hydrogen-bond donors (Lipinski definition) is 1. The van der Waals surface area contributed by atoms with Crippen LogP contribution < -0.4 is 10.5 Å². The van der Waals surface area contributed by atoms with Crippen molar-refractivity contribution in [1.29, 1.82) is 0 Å². The predicted octanol–water partition coefficient (Wildman–Crippen LogP) is 4.05. The lowest BCUT2D eigenvalue weighted by atomic mass is 10.0. The summed E-state index contributed by atoms with van der Waals surface area (Å²) in [5.74, 6) is 2.22. The Morgan fingerprint density at radius 2 is 2.06 bits per heavy atom. The zero-order valence-corrected chi connectivity index (χ0v) is 20.4. The fourth-order valence-electron chi connectivity index (χ4n) is 5.41. The highest BCUT2D eigenvalue weighted by Crippen LogP contribution is 2.38. The number of fused-ring (bicyclic) bond motifs is 2. The van der Waals surface area contributed by atoms with Crippen LogP contribution in [0, 0.1) is 5.92 Å². The summed E-state index contributed by atoms with van der Waals surface area (Å²) in [4.78, 5) is 25.0. The van der Waals surface area contributed by atoms with Gasteiger partial charge in [-0.05, 0) is 68.9 Å². The second-order valence-electron chi connectivity index (χ2n) is 9.88. The van der Waals surface area contributed by atoms with E-state index in [0.717, 1.165) is 66.1 Å². The van der Waals surface area contributed by atoms with Crippen molar-refractivity contribution in [1.82, 2.24) is 24.0 Å². The predicted molar refractivity (Wildman–Crippen MR) is 137 cm³/mol. The summed E-state index contributed by atoms with van der Waals surface area (Å²) in [5, 5.41) is 1.11. The van der Waals surface area contributed by atoms with Crippen molar-refractivity contribution in [2.24, 2.45) is 11.7 Å². The van der Waals surface area contributed by atoms with Crippen LogP contribution in [0.4, 0.5) is 0 Å². The molecule has 2 aliphatic rings. The quantitative estimate of drug-likeness (QED) is 0.457. The van der Waals surface area contributed by atoms with E-state index in [9.17, 15) is 4.79 Å². The zero-order chi connectivity index (χ0) is 24.1. The number of hydrogen-bond acceptors (Lipinski definition) is 5. The molecule has 8 heteroatoms. The molecule has 4 aromatic rings. The fraction of sp³-hybridized carbons (Fsp3) is 0.444. The first-order valence-corrected chi connectivity index (χ1v) is 12.6. The first-order chi connectivity index (χ1) is 17.1. The van der Waals surface area contributed by atoms with Gasteiger partial charge in [-0.2, -0.15) is 0 Å². The summed E-state index contributed by atoms with van der Waals surface area (Å²) in [7, 11) is 1.65. The van der Waals surface area contributed by atoms with Crippen LogP contribution >= 0.6 is 0 Å². The molecule has 3 aromatic heterocycles. The van der Waals surface area contributed by atoms with Gasteiger partial charge < -0.3 is 24.5 Å². The Hall–Kier alpha value is -3.39. The van der Waals surface area contributed by atoms with E-state index in [1.54, 1.807) is 7.11 Å². The van der Waals surface area contributed by atoms with E-state index >= 15 is 0 Å². The van der Waals surface area contributed by atoms with E-state index in [2.05, 4.69) is 33.2 Å². The number of benzene rings is 1. The molecule has 1 aromatic carbocycles. The average molecular weight is 473 g/mol. The van der Waals surface area contributed by atoms with Crippen molar-refractivity contribution in [3.05, 3.63) is 42.1 Å². The second-order valence-corrected chi connectivity index (χ2v) is 9.88. The molecule has 2 N–H and O–H groups in total. The van der Waals surface area contributed by atoms with Crippen LogP contribution in [0.25, 0.3) is 33.6 Å². The molecule has 8 nitrogen and oxygen atoms in total. The van der Waals surface area contributed by atoms with Gasteiger partial charge >= 0.3 is 0 Å². The molecule has 0 unspecified atom stereocenters. The molecule has 0 spiro atoms. The first kappa shape index (κ1) is 22.1. The summed E-state index contributed by atoms with van der Waals surface area (Å²) in [6, 6.07) is 10.1. The van der Waals surface area contributed by atoms with Gasteiger partial charge in [0.15, 0.2) is 5.82 Å². The van der Waals surface area contributed by atoms with Crippen molar-refractivity contribution >= 4 is 28.0 Å². The van der Waals surface area contributed by atoms with Crippen LogP contribution in [0.5, 0.6) is 5.75 Å². The number of methoxy groups -OCH3 is 1. The zero-order valence-electron chi connectivity index (χ0n) is 20.4. The maximum atomic E-state index is 13.4. The lowest BCUT2D eigenvalue weighted by Gasteiger charge is -2.30. The standard InChI is InChI=1S/C27H32N6O2/c1-3-32-24-21(12-19(14-23(24)35-2)27(34)31-11-5-7-20(28)16-31)30-26(32)22-13-18-6-4-10-29-25(18)33(22)15-17-8-9-17/h4,6,10,12-14,17,20H,3,5,7-9,11,15-16,28H2,1-2H3/t20-/m1/s1. The number of carbonyl (C=O) groups is 1. The number of ether oxygens (including phenoxy) is 1. The Morgan fingerprint density at radius 1 is 1.20 bits per heavy atom. The number of aryl methyl sites for hydroxylation is 1. The van der Waals surface area contributed by atoms with Gasteiger partial charge in [-0.1, -0.05) is 0 Å². The smallest absolute Gasteiger partial charge is 0.254 e. The van der Waals surface area contributed by atoms with Crippen LogP contribution in [-0.4, -0.2) is 56.2 Å². The molecule has 1 atom stereocenters. The Bertz CT molecular complexity index is 1420. The maximum absolute atomic E-state index is 13.4.